The Morgan fingerprint density at radius 1 is 0.167 bits per heavy atom. The molecule has 278 valence electrons. The fraction of sp³-hybridized carbons (Fsp3) is 0. The maximum Gasteiger partial charge on any atom is -0.00201 e. The van der Waals surface area contributed by atoms with Crippen LogP contribution in [0.25, 0.3) is 120 Å². The van der Waals surface area contributed by atoms with Gasteiger partial charge in [-0.3, -0.25) is 0 Å². The van der Waals surface area contributed by atoms with Gasteiger partial charge in [-0.1, -0.05) is 218 Å². The van der Waals surface area contributed by atoms with Crippen LogP contribution in [0.15, 0.2) is 231 Å². The van der Waals surface area contributed by atoms with Crippen LogP contribution in [0.1, 0.15) is 0 Å². The number of fused-ring (bicyclic) bond motifs is 6. The highest BCUT2D eigenvalue weighted by Crippen LogP contribution is 2.48. The standard InChI is InChI=1S/C60H38/c1-3-17-43-37-45(31-29-39(43)13-1)49-23-11-26-56-53(34-33-50(59(49)56)46-32-30-40-14-2-4-18-44(40)38-46)54-35-36-58(52-25-10-20-42-16-6-8-22-48(42)52)60-55(27-12-28-57(54)60)51-24-9-19-41-15-5-7-21-47(41)51/h1-38H. The lowest BCUT2D eigenvalue weighted by atomic mass is 9.83. The van der Waals surface area contributed by atoms with Crippen LogP contribution in [-0.4, -0.2) is 0 Å². The Morgan fingerprint density at radius 2 is 0.483 bits per heavy atom. The second-order valence-corrected chi connectivity index (χ2v) is 16.0. The van der Waals surface area contributed by atoms with Gasteiger partial charge in [0.1, 0.15) is 0 Å². The molecule has 0 heteroatoms. The van der Waals surface area contributed by atoms with Gasteiger partial charge in [-0.25, -0.2) is 0 Å². The van der Waals surface area contributed by atoms with Crippen molar-refractivity contribution in [1.29, 1.82) is 0 Å². The molecule has 0 nitrogen and oxygen atoms in total. The maximum absolute atomic E-state index is 2.38. The van der Waals surface area contributed by atoms with Crippen LogP contribution in [0.4, 0.5) is 0 Å². The molecule has 0 aromatic heterocycles. The van der Waals surface area contributed by atoms with Gasteiger partial charge in [0.2, 0.25) is 0 Å². The van der Waals surface area contributed by atoms with Gasteiger partial charge in [0, 0.05) is 0 Å². The first-order chi connectivity index (χ1) is 29.8. The van der Waals surface area contributed by atoms with Crippen molar-refractivity contribution in [3.05, 3.63) is 231 Å². The van der Waals surface area contributed by atoms with E-state index in [1.807, 2.05) is 0 Å². The second kappa shape index (κ2) is 13.9. The lowest BCUT2D eigenvalue weighted by Crippen LogP contribution is -1.93. The smallest absolute Gasteiger partial charge is 0.00201 e. The molecular formula is C60H38. The summed E-state index contributed by atoms with van der Waals surface area (Å²) in [6, 6.07) is 85.4. The van der Waals surface area contributed by atoms with Gasteiger partial charge in [-0.2, -0.15) is 0 Å². The van der Waals surface area contributed by atoms with E-state index in [4.69, 9.17) is 0 Å². The van der Waals surface area contributed by atoms with Crippen molar-refractivity contribution in [3.63, 3.8) is 0 Å². The summed E-state index contributed by atoms with van der Waals surface area (Å²) in [4.78, 5) is 0. The SMILES string of the molecule is c1ccc2cc(-c3cccc4c(-c5ccc(-c6cccc7ccccc67)c6c(-c7cccc8ccccc78)cccc56)ccc(-c5ccc6ccccc6c5)c34)ccc2c1. The largest absolute Gasteiger partial charge is 0.0616 e. The molecule has 0 radical (unpaired) electrons. The zero-order valence-corrected chi connectivity index (χ0v) is 32.9. The van der Waals surface area contributed by atoms with Crippen LogP contribution in [-0.2, 0) is 0 Å². The van der Waals surface area contributed by atoms with Gasteiger partial charge in [0.25, 0.3) is 0 Å². The van der Waals surface area contributed by atoms with Gasteiger partial charge in [-0.05, 0) is 132 Å². The van der Waals surface area contributed by atoms with Crippen molar-refractivity contribution < 1.29 is 0 Å². The Balaban J connectivity index is 1.18. The number of benzene rings is 12. The molecule has 0 aliphatic rings. The molecule has 0 fully saturated rings. The monoisotopic (exact) mass is 758 g/mol. The van der Waals surface area contributed by atoms with Gasteiger partial charge in [0.05, 0.1) is 0 Å². The normalized spacial score (nSPS) is 11.7. The van der Waals surface area contributed by atoms with E-state index in [0.29, 0.717) is 0 Å². The average molecular weight is 759 g/mol. The Morgan fingerprint density at radius 3 is 1.03 bits per heavy atom. The van der Waals surface area contributed by atoms with Crippen LogP contribution < -0.4 is 0 Å². The second-order valence-electron chi connectivity index (χ2n) is 16.0. The Labute approximate surface area is 349 Å². The van der Waals surface area contributed by atoms with Gasteiger partial charge >= 0.3 is 0 Å². The Hall–Kier alpha value is -7.80. The molecule has 0 spiro atoms. The zero-order chi connectivity index (χ0) is 39.6. The number of hydrogen-bond acceptors (Lipinski definition) is 0. The first-order valence-electron chi connectivity index (χ1n) is 20.8. The van der Waals surface area contributed by atoms with E-state index < -0.39 is 0 Å². The van der Waals surface area contributed by atoms with Crippen LogP contribution in [0.5, 0.6) is 0 Å². The summed E-state index contributed by atoms with van der Waals surface area (Å²) in [5.41, 5.74) is 12.3. The van der Waals surface area contributed by atoms with E-state index in [0.717, 1.165) is 0 Å². The van der Waals surface area contributed by atoms with Gasteiger partial charge in [-0.15, -0.1) is 0 Å². The molecule has 0 amide bonds. The minimum Gasteiger partial charge on any atom is -0.0616 e. The topological polar surface area (TPSA) is 0 Å². The number of hydrogen-bond donors (Lipinski definition) is 0. The fourth-order valence-corrected chi connectivity index (χ4v) is 9.85. The molecule has 0 aliphatic heterocycles. The summed E-state index contributed by atoms with van der Waals surface area (Å²) in [5.74, 6) is 0. The van der Waals surface area contributed by atoms with Crippen molar-refractivity contribution in [2.24, 2.45) is 0 Å². The van der Waals surface area contributed by atoms with Crippen LogP contribution in [0, 0.1) is 0 Å². The molecule has 0 heterocycles. The summed E-state index contributed by atoms with van der Waals surface area (Å²) < 4.78 is 0. The van der Waals surface area contributed by atoms with Crippen LogP contribution >= 0.6 is 0 Å². The highest BCUT2D eigenvalue weighted by Gasteiger charge is 2.20. The first kappa shape index (κ1) is 34.3. The Bertz CT molecular complexity index is 3480. The predicted molar refractivity (Wildman–Crippen MR) is 259 cm³/mol. The predicted octanol–water partition coefficient (Wildman–Crippen LogP) is 16.9. The van der Waals surface area contributed by atoms with Gasteiger partial charge in [0.15, 0.2) is 0 Å². The minimum absolute atomic E-state index is 1.22. The fourth-order valence-electron chi connectivity index (χ4n) is 9.85. The Kier molecular flexibility index (Phi) is 7.96. The van der Waals surface area contributed by atoms with Crippen molar-refractivity contribution in [2.75, 3.05) is 0 Å². The summed E-state index contributed by atoms with van der Waals surface area (Å²) in [5, 5.41) is 15.0. The van der Waals surface area contributed by atoms with Gasteiger partial charge < -0.3 is 0 Å². The summed E-state index contributed by atoms with van der Waals surface area (Å²) in [6.45, 7) is 0. The summed E-state index contributed by atoms with van der Waals surface area (Å²) in [6.07, 6.45) is 0. The van der Waals surface area contributed by atoms with E-state index in [1.165, 1.54) is 120 Å². The molecule has 0 unspecified atom stereocenters. The molecule has 0 saturated carbocycles. The third-order valence-corrected chi connectivity index (χ3v) is 12.7. The van der Waals surface area contributed by atoms with Crippen LogP contribution in [0.2, 0.25) is 0 Å². The highest BCUT2D eigenvalue weighted by atomic mass is 14.2. The molecule has 0 N–H and O–H groups in total. The summed E-state index contributed by atoms with van der Waals surface area (Å²) in [7, 11) is 0. The van der Waals surface area contributed by atoms with E-state index in [2.05, 4.69) is 231 Å². The van der Waals surface area contributed by atoms with E-state index in [1.54, 1.807) is 0 Å². The number of rotatable bonds is 5. The van der Waals surface area contributed by atoms with Crippen molar-refractivity contribution in [3.8, 4) is 55.6 Å². The molecule has 0 atom stereocenters. The van der Waals surface area contributed by atoms with E-state index >= 15 is 0 Å². The van der Waals surface area contributed by atoms with Crippen molar-refractivity contribution in [1.82, 2.24) is 0 Å². The lowest BCUT2D eigenvalue weighted by molar-refractivity contribution is 1.63. The summed E-state index contributed by atoms with van der Waals surface area (Å²) >= 11 is 0. The van der Waals surface area contributed by atoms with Crippen molar-refractivity contribution in [2.45, 2.75) is 0 Å². The highest BCUT2D eigenvalue weighted by molar-refractivity contribution is 6.20. The molecule has 0 saturated heterocycles. The molecule has 12 rings (SSSR count). The quantitative estimate of drug-likeness (QED) is 0.164. The van der Waals surface area contributed by atoms with E-state index in [9.17, 15) is 0 Å². The van der Waals surface area contributed by atoms with Crippen LogP contribution in [0.3, 0.4) is 0 Å². The molecule has 0 bridgehead atoms. The minimum atomic E-state index is 1.22. The third kappa shape index (κ3) is 5.53. The lowest BCUT2D eigenvalue weighted by Gasteiger charge is -2.20. The molecule has 12 aromatic carbocycles. The molecule has 60 heavy (non-hydrogen) atoms. The molecule has 0 aliphatic carbocycles. The maximum atomic E-state index is 2.38. The first-order valence-corrected chi connectivity index (χ1v) is 20.8. The zero-order valence-electron chi connectivity index (χ0n) is 32.9. The average Bonchev–Trinajstić information content (AvgIpc) is 3.32. The third-order valence-electron chi connectivity index (χ3n) is 12.7. The van der Waals surface area contributed by atoms with E-state index in [-0.39, 0.29) is 0 Å². The molecule has 12 aromatic rings. The van der Waals surface area contributed by atoms with Crippen molar-refractivity contribution >= 4 is 64.6 Å². The molecular weight excluding hydrogens is 721 g/mol.